The van der Waals surface area contributed by atoms with Gasteiger partial charge in [-0.2, -0.15) is 5.10 Å². The Morgan fingerprint density at radius 1 is 1.26 bits per heavy atom. The van der Waals surface area contributed by atoms with Crippen LogP contribution in [0.25, 0.3) is 10.9 Å². The Labute approximate surface area is 158 Å². The van der Waals surface area contributed by atoms with Crippen LogP contribution in [0.15, 0.2) is 42.6 Å². The van der Waals surface area contributed by atoms with E-state index in [4.69, 9.17) is 10.5 Å². The maximum Gasteiger partial charge on any atom is 0.319 e. The van der Waals surface area contributed by atoms with Crippen molar-refractivity contribution >= 4 is 22.6 Å². The number of nitrogens with one attached hydrogen (secondary N) is 1. The molecule has 3 N–H and O–H groups in total. The Morgan fingerprint density at radius 2 is 2.04 bits per heavy atom. The molecule has 4 rings (SSSR count). The van der Waals surface area contributed by atoms with E-state index < -0.39 is 6.03 Å². The highest BCUT2D eigenvalue weighted by Gasteiger charge is 2.34. The van der Waals surface area contributed by atoms with Crippen LogP contribution in [0.5, 0.6) is 5.75 Å². The number of amides is 2. The van der Waals surface area contributed by atoms with Gasteiger partial charge in [0, 0.05) is 17.4 Å². The number of aromatic amines is 1. The summed E-state index contributed by atoms with van der Waals surface area (Å²) in [6, 6.07) is 11.2. The maximum atomic E-state index is 12.5. The Balaban J connectivity index is 1.88. The summed E-state index contributed by atoms with van der Waals surface area (Å²) in [5.74, 6) is 0.867. The highest BCUT2D eigenvalue weighted by molar-refractivity contribution is 6.02. The van der Waals surface area contributed by atoms with Gasteiger partial charge in [0.15, 0.2) is 0 Å². The molecule has 2 aromatic carbocycles. The van der Waals surface area contributed by atoms with E-state index in [0.717, 1.165) is 33.5 Å². The molecule has 27 heavy (non-hydrogen) atoms. The number of benzene rings is 2. The van der Waals surface area contributed by atoms with E-state index in [1.807, 2.05) is 30.3 Å². The molecule has 0 saturated heterocycles. The quantitative estimate of drug-likeness (QED) is 0.712. The number of hydrogen-bond acceptors (Lipinski definition) is 3. The minimum absolute atomic E-state index is 0.0602. The summed E-state index contributed by atoms with van der Waals surface area (Å²) in [4.78, 5) is 14.2. The van der Waals surface area contributed by atoms with Crippen LogP contribution < -0.4 is 15.4 Å². The van der Waals surface area contributed by atoms with Crippen LogP contribution in [-0.4, -0.2) is 22.8 Å². The fourth-order valence-electron chi connectivity index (χ4n) is 3.87. The molecular weight excluding hydrogens is 340 g/mol. The minimum atomic E-state index is -0.484. The number of carbonyl (C=O) groups excluding carboxylic acids is 1. The molecule has 140 valence electrons. The second-order valence-electron chi connectivity index (χ2n) is 7.94. The fourth-order valence-corrected chi connectivity index (χ4v) is 3.87. The number of fused-ring (bicyclic) bond motifs is 2. The minimum Gasteiger partial charge on any atom is -0.493 e. The summed E-state index contributed by atoms with van der Waals surface area (Å²) in [7, 11) is 0. The molecule has 2 amide bonds. The monoisotopic (exact) mass is 364 g/mol. The number of urea groups is 1. The van der Waals surface area contributed by atoms with Crippen molar-refractivity contribution in [1.29, 1.82) is 0 Å². The summed E-state index contributed by atoms with van der Waals surface area (Å²) in [6.45, 7) is 7.02. The molecule has 0 radical (unpaired) electrons. The number of aromatic nitrogens is 2. The highest BCUT2D eigenvalue weighted by Crippen LogP contribution is 2.44. The molecule has 1 aliphatic rings. The van der Waals surface area contributed by atoms with Crippen molar-refractivity contribution in [2.45, 2.75) is 38.6 Å². The number of H-pyrrole nitrogens is 1. The van der Waals surface area contributed by atoms with E-state index in [1.165, 1.54) is 0 Å². The topological polar surface area (TPSA) is 84.2 Å². The number of nitrogens with zero attached hydrogens (tertiary/aromatic N) is 2. The van der Waals surface area contributed by atoms with E-state index in [9.17, 15) is 4.79 Å². The second kappa shape index (κ2) is 6.30. The molecule has 0 bridgehead atoms. The van der Waals surface area contributed by atoms with Gasteiger partial charge in [-0.25, -0.2) is 4.79 Å². The standard InChI is InChI=1S/C21H24N4O2/c1-21(2,3)15-7-4-6-13-18(10-11-27-19(13)15)25(20(22)26)17-9-5-8-16-14(17)12-23-24-16/h4-9,12,18H,10-11H2,1-3H3,(H2,22,26)(H,23,24). The first kappa shape index (κ1) is 17.4. The largest absolute Gasteiger partial charge is 0.493 e. The predicted octanol–water partition coefficient (Wildman–Crippen LogP) is 4.27. The zero-order valence-electron chi connectivity index (χ0n) is 15.8. The Kier molecular flexibility index (Phi) is 4.06. The summed E-state index contributed by atoms with van der Waals surface area (Å²) in [6.07, 6.45) is 2.41. The molecule has 3 aromatic rings. The number of hydrogen-bond donors (Lipinski definition) is 2. The maximum absolute atomic E-state index is 12.5. The van der Waals surface area contributed by atoms with Gasteiger partial charge in [-0.05, 0) is 23.1 Å². The van der Waals surface area contributed by atoms with E-state index in [1.54, 1.807) is 11.1 Å². The zero-order chi connectivity index (χ0) is 19.2. The molecule has 0 fully saturated rings. The molecule has 2 heterocycles. The molecule has 0 spiro atoms. The van der Waals surface area contributed by atoms with Gasteiger partial charge in [0.2, 0.25) is 0 Å². The van der Waals surface area contributed by atoms with Crippen LogP contribution in [0.3, 0.4) is 0 Å². The Hall–Kier alpha value is -3.02. The summed E-state index contributed by atoms with van der Waals surface area (Å²) in [5, 5.41) is 7.93. The van der Waals surface area contributed by atoms with E-state index in [-0.39, 0.29) is 11.5 Å². The van der Waals surface area contributed by atoms with Crippen LogP contribution in [0.4, 0.5) is 10.5 Å². The lowest BCUT2D eigenvalue weighted by molar-refractivity contribution is 0.239. The van der Waals surface area contributed by atoms with Crippen molar-refractivity contribution in [2.75, 3.05) is 11.5 Å². The average Bonchev–Trinajstić information content (AvgIpc) is 3.10. The lowest BCUT2D eigenvalue weighted by atomic mass is 9.83. The van der Waals surface area contributed by atoms with Crippen molar-refractivity contribution in [1.82, 2.24) is 10.2 Å². The number of nitrogens with two attached hydrogens (primary N) is 1. The molecular formula is C21H24N4O2. The van der Waals surface area contributed by atoms with Crippen molar-refractivity contribution in [3.05, 3.63) is 53.7 Å². The number of rotatable bonds is 2. The van der Waals surface area contributed by atoms with Gasteiger partial charge in [0.25, 0.3) is 0 Å². The van der Waals surface area contributed by atoms with Crippen LogP contribution >= 0.6 is 0 Å². The van der Waals surface area contributed by atoms with Gasteiger partial charge in [0.05, 0.1) is 30.0 Å². The lowest BCUT2D eigenvalue weighted by Crippen LogP contribution is -2.41. The van der Waals surface area contributed by atoms with E-state index in [0.29, 0.717) is 13.0 Å². The van der Waals surface area contributed by atoms with Crippen molar-refractivity contribution in [2.24, 2.45) is 5.73 Å². The summed E-state index contributed by atoms with van der Waals surface area (Å²) >= 11 is 0. The third-order valence-corrected chi connectivity index (χ3v) is 5.12. The van der Waals surface area contributed by atoms with Gasteiger partial charge in [-0.3, -0.25) is 10.00 Å². The lowest BCUT2D eigenvalue weighted by Gasteiger charge is -2.37. The van der Waals surface area contributed by atoms with Gasteiger partial charge in [-0.15, -0.1) is 0 Å². The predicted molar refractivity (Wildman–Crippen MR) is 106 cm³/mol. The van der Waals surface area contributed by atoms with Gasteiger partial charge in [-0.1, -0.05) is 45.0 Å². The summed E-state index contributed by atoms with van der Waals surface area (Å²) < 4.78 is 6.05. The molecule has 0 saturated carbocycles. The van der Waals surface area contributed by atoms with Gasteiger partial charge < -0.3 is 10.5 Å². The summed E-state index contributed by atoms with van der Waals surface area (Å²) in [5.41, 5.74) is 9.55. The smallest absolute Gasteiger partial charge is 0.319 e. The third kappa shape index (κ3) is 2.91. The third-order valence-electron chi connectivity index (χ3n) is 5.12. The van der Waals surface area contributed by atoms with E-state index in [2.05, 4.69) is 37.0 Å². The van der Waals surface area contributed by atoms with Crippen LogP contribution in [0.2, 0.25) is 0 Å². The number of anilines is 1. The number of ether oxygens (including phenoxy) is 1. The Bertz CT molecular complexity index is 1000. The zero-order valence-corrected chi connectivity index (χ0v) is 15.8. The molecule has 6 nitrogen and oxygen atoms in total. The SMILES string of the molecule is CC(C)(C)c1cccc2c1OCCC2N(C(N)=O)c1cccc2[nH]ncc12. The highest BCUT2D eigenvalue weighted by atomic mass is 16.5. The number of primary amides is 1. The van der Waals surface area contributed by atoms with E-state index >= 15 is 0 Å². The van der Waals surface area contributed by atoms with Crippen molar-refractivity contribution in [3.8, 4) is 5.75 Å². The van der Waals surface area contributed by atoms with Crippen LogP contribution in [0.1, 0.15) is 44.4 Å². The van der Waals surface area contributed by atoms with Crippen LogP contribution in [-0.2, 0) is 5.41 Å². The second-order valence-corrected chi connectivity index (χ2v) is 7.94. The fraction of sp³-hybridized carbons (Fsp3) is 0.333. The average molecular weight is 364 g/mol. The number of para-hydroxylation sites is 1. The molecule has 6 heteroatoms. The molecule has 1 unspecified atom stereocenters. The van der Waals surface area contributed by atoms with Crippen molar-refractivity contribution < 1.29 is 9.53 Å². The normalized spacial score (nSPS) is 16.6. The van der Waals surface area contributed by atoms with Gasteiger partial charge in [0.1, 0.15) is 5.75 Å². The Morgan fingerprint density at radius 3 is 2.78 bits per heavy atom. The molecule has 1 atom stereocenters. The first-order chi connectivity index (χ1) is 12.9. The first-order valence-corrected chi connectivity index (χ1v) is 9.15. The molecule has 1 aliphatic heterocycles. The molecule has 0 aliphatic carbocycles. The van der Waals surface area contributed by atoms with Crippen LogP contribution in [0, 0.1) is 0 Å². The first-order valence-electron chi connectivity index (χ1n) is 9.15. The number of carbonyl (C=O) groups is 1. The van der Waals surface area contributed by atoms with Crippen molar-refractivity contribution in [3.63, 3.8) is 0 Å². The molecule has 1 aromatic heterocycles. The van der Waals surface area contributed by atoms with Gasteiger partial charge >= 0.3 is 6.03 Å².